The maximum atomic E-state index is 8.10. The topological polar surface area (TPSA) is 17.1 Å². The smallest absolute Gasteiger partial charge is 0.0134 e. The van der Waals surface area contributed by atoms with Crippen molar-refractivity contribution in [3.8, 4) is 0 Å². The molecule has 12 rings (SSSR count). The van der Waals surface area contributed by atoms with E-state index in [9.17, 15) is 0 Å². The summed E-state index contributed by atoms with van der Waals surface area (Å²) in [6, 6.07) is 129. The molecular weight excluding hydrogens is 1110 g/mol. The van der Waals surface area contributed by atoms with Gasteiger partial charge in [0.15, 0.2) is 0 Å². The van der Waals surface area contributed by atoms with Crippen molar-refractivity contribution in [1.82, 2.24) is 0 Å². The normalized spacial score (nSPS) is 10.4. The summed E-state index contributed by atoms with van der Waals surface area (Å²) in [6.07, 6.45) is 0. The SMILES string of the molecule is [O]=[Pd].c1ccc(P(c2ccccc2)c2ccccc2)cc1.c1ccc(P(c2ccccc2)c2ccccc2)cc1.c1ccc(P(c2ccccc2)c2ccccc2)cc1.c1ccc(P(c2ccccc2)c2ccccc2)cc1. The molecule has 12 aromatic rings. The van der Waals surface area contributed by atoms with Crippen LogP contribution in [0.25, 0.3) is 0 Å². The Hall–Kier alpha value is -7.18. The molecule has 384 valence electrons. The first kappa shape index (κ1) is 57.0. The molecule has 0 saturated carbocycles. The van der Waals surface area contributed by atoms with E-state index >= 15 is 0 Å². The molecule has 0 aromatic heterocycles. The van der Waals surface area contributed by atoms with Gasteiger partial charge in [0, 0.05) is 0 Å². The van der Waals surface area contributed by atoms with Crippen LogP contribution in [0.4, 0.5) is 0 Å². The summed E-state index contributed by atoms with van der Waals surface area (Å²) in [5.74, 6) is 0. The van der Waals surface area contributed by atoms with Crippen LogP contribution in [0.1, 0.15) is 0 Å². The molecule has 0 aliphatic rings. The summed E-state index contributed by atoms with van der Waals surface area (Å²) in [7, 11) is -1.78. The van der Waals surface area contributed by atoms with Crippen LogP contribution in [0.3, 0.4) is 0 Å². The van der Waals surface area contributed by atoms with Crippen LogP contribution in [0.5, 0.6) is 0 Å². The second kappa shape index (κ2) is 32.5. The molecule has 1 nitrogen and oxygen atoms in total. The predicted octanol–water partition coefficient (Wildman–Crippen LogP) is 13.7. The fourth-order valence-electron chi connectivity index (χ4n) is 8.71. The minimum Gasteiger partial charge on any atom is -0.0622 e. The Morgan fingerprint density at radius 1 is 0.128 bits per heavy atom. The monoisotopic (exact) mass is 1170 g/mol. The van der Waals surface area contributed by atoms with Gasteiger partial charge in [0.2, 0.25) is 0 Å². The molecule has 78 heavy (non-hydrogen) atoms. The third-order valence-electron chi connectivity index (χ3n) is 12.2. The van der Waals surface area contributed by atoms with Gasteiger partial charge in [-0.05, 0) is 95.3 Å². The Kier molecular flexibility index (Phi) is 23.8. The maximum Gasteiger partial charge on any atom is -0.0134 e. The summed E-state index contributed by atoms with van der Waals surface area (Å²) in [5.41, 5.74) is 0. The van der Waals surface area contributed by atoms with Crippen molar-refractivity contribution in [1.29, 1.82) is 0 Å². The van der Waals surface area contributed by atoms with E-state index in [1.807, 2.05) is 0 Å². The van der Waals surface area contributed by atoms with Crippen LogP contribution in [-0.4, -0.2) is 0 Å². The van der Waals surface area contributed by atoms with Gasteiger partial charge >= 0.3 is 22.6 Å². The van der Waals surface area contributed by atoms with E-state index in [0.29, 0.717) is 0 Å². The van der Waals surface area contributed by atoms with E-state index < -0.39 is 31.7 Å². The standard InChI is InChI=1S/4C18H15P.O.Pd/c4*1-4-10-16(11-5-1)19(17-12-6-2-7-13-17)18-14-8-3-9-15-18;;/h4*1-15H;;. The third kappa shape index (κ3) is 16.9. The van der Waals surface area contributed by atoms with Crippen LogP contribution in [-0.2, 0) is 22.6 Å². The summed E-state index contributed by atoms with van der Waals surface area (Å²) in [6.45, 7) is 0. The van der Waals surface area contributed by atoms with E-state index in [2.05, 4.69) is 364 Å². The largest absolute Gasteiger partial charge is 0.0622 e. The Labute approximate surface area is 478 Å². The Balaban J connectivity index is 0.000000136. The molecule has 0 fully saturated rings. The molecule has 6 heteroatoms. The van der Waals surface area contributed by atoms with Gasteiger partial charge < -0.3 is 0 Å². The van der Waals surface area contributed by atoms with Crippen LogP contribution in [0.2, 0.25) is 0 Å². The first-order chi connectivity index (χ1) is 38.8. The van der Waals surface area contributed by atoms with Gasteiger partial charge in [-0.2, -0.15) is 0 Å². The van der Waals surface area contributed by atoms with Gasteiger partial charge in [-0.25, -0.2) is 0 Å². The second-order valence-corrected chi connectivity index (χ2v) is 26.2. The van der Waals surface area contributed by atoms with Gasteiger partial charge in [-0.15, -0.1) is 0 Å². The zero-order chi connectivity index (χ0) is 53.7. The molecule has 0 amide bonds. The molecule has 0 unspecified atom stereocenters. The molecule has 0 aliphatic heterocycles. The van der Waals surface area contributed by atoms with Crippen molar-refractivity contribution in [2.75, 3.05) is 0 Å². The quantitative estimate of drug-likeness (QED) is 0.0880. The molecule has 0 N–H and O–H groups in total. The van der Waals surface area contributed by atoms with Gasteiger partial charge in [0.05, 0.1) is 0 Å². The van der Waals surface area contributed by atoms with Crippen molar-refractivity contribution in [2.45, 2.75) is 0 Å². The molecule has 12 aromatic carbocycles. The molecule has 0 atom stereocenters. The predicted molar refractivity (Wildman–Crippen MR) is 341 cm³/mol. The Morgan fingerprint density at radius 2 is 0.192 bits per heavy atom. The van der Waals surface area contributed by atoms with Gasteiger partial charge in [-0.3, -0.25) is 0 Å². The number of benzene rings is 12. The number of hydrogen-bond donors (Lipinski definition) is 0. The number of rotatable bonds is 12. The van der Waals surface area contributed by atoms with Crippen molar-refractivity contribution in [3.05, 3.63) is 364 Å². The molecule has 0 saturated heterocycles. The molecule has 0 heterocycles. The van der Waals surface area contributed by atoms with E-state index in [0.717, 1.165) is 0 Å². The van der Waals surface area contributed by atoms with Crippen molar-refractivity contribution >= 4 is 95.3 Å². The minimum atomic E-state index is -0.446. The van der Waals surface area contributed by atoms with Crippen molar-refractivity contribution < 1.29 is 22.6 Å². The van der Waals surface area contributed by atoms with Crippen LogP contribution < -0.4 is 63.7 Å². The zero-order valence-corrected chi connectivity index (χ0v) is 48.3. The van der Waals surface area contributed by atoms with E-state index in [-0.39, 0.29) is 0 Å². The van der Waals surface area contributed by atoms with Crippen LogP contribution >= 0.6 is 31.7 Å². The number of hydrogen-bond acceptors (Lipinski definition) is 1. The first-order valence-electron chi connectivity index (χ1n) is 25.7. The Bertz CT molecular complexity index is 2600. The average molecular weight is 1170 g/mol. The maximum absolute atomic E-state index is 8.10. The summed E-state index contributed by atoms with van der Waals surface area (Å²) >= 11 is 1.50. The van der Waals surface area contributed by atoms with Crippen molar-refractivity contribution in [3.63, 3.8) is 0 Å². The van der Waals surface area contributed by atoms with Gasteiger partial charge in [-0.1, -0.05) is 364 Å². The summed E-state index contributed by atoms with van der Waals surface area (Å²) in [4.78, 5) is 0. The molecule has 0 aliphatic carbocycles. The second-order valence-electron chi connectivity index (χ2n) is 17.4. The summed E-state index contributed by atoms with van der Waals surface area (Å²) < 4.78 is 8.10. The zero-order valence-electron chi connectivity index (χ0n) is 43.2. The summed E-state index contributed by atoms with van der Waals surface area (Å²) in [5, 5.41) is 16.8. The Morgan fingerprint density at radius 3 is 0.256 bits per heavy atom. The average Bonchev–Trinajstić information content (AvgIpc) is 3.55. The molecule has 0 bridgehead atoms. The van der Waals surface area contributed by atoms with E-state index in [1.165, 1.54) is 82.8 Å². The van der Waals surface area contributed by atoms with Gasteiger partial charge in [0.1, 0.15) is 0 Å². The van der Waals surface area contributed by atoms with Crippen LogP contribution in [0.15, 0.2) is 364 Å². The fourth-order valence-corrected chi connectivity index (χ4v) is 17.9. The van der Waals surface area contributed by atoms with Crippen molar-refractivity contribution in [2.24, 2.45) is 0 Å². The van der Waals surface area contributed by atoms with Gasteiger partial charge in [0.25, 0.3) is 0 Å². The molecule has 0 spiro atoms. The van der Waals surface area contributed by atoms with E-state index in [4.69, 9.17) is 3.47 Å². The van der Waals surface area contributed by atoms with Crippen LogP contribution in [0, 0.1) is 0 Å². The first-order valence-corrected chi connectivity index (χ1v) is 31.7. The minimum absolute atomic E-state index is 0.446. The third-order valence-corrected chi connectivity index (χ3v) is 21.9. The van der Waals surface area contributed by atoms with E-state index in [1.54, 1.807) is 0 Å². The fraction of sp³-hybridized carbons (Fsp3) is 0. The molecular formula is C72H60OP4Pd. The molecule has 0 radical (unpaired) electrons.